The number of likely N-dealkylation sites (tertiary alicyclic amines) is 1. The van der Waals surface area contributed by atoms with E-state index in [1.54, 1.807) is 18.2 Å². The lowest BCUT2D eigenvalue weighted by Gasteiger charge is -2.13. The minimum atomic E-state index is -0.0840. The van der Waals surface area contributed by atoms with Gasteiger partial charge in [-0.3, -0.25) is 14.5 Å². The van der Waals surface area contributed by atoms with Crippen molar-refractivity contribution in [2.45, 2.75) is 17.7 Å². The zero-order valence-corrected chi connectivity index (χ0v) is 11.3. The molecule has 2 rings (SSSR count). The first-order valence-corrected chi connectivity index (χ1v) is 6.95. The lowest BCUT2D eigenvalue weighted by Crippen LogP contribution is -2.31. The van der Waals surface area contributed by atoms with Crippen molar-refractivity contribution in [1.82, 2.24) is 4.90 Å². The number of nitrogen functional groups attached to an aromatic ring is 1. The summed E-state index contributed by atoms with van der Waals surface area (Å²) in [5.74, 6) is 0.458. The smallest absolute Gasteiger partial charge is 0.229 e. The summed E-state index contributed by atoms with van der Waals surface area (Å²) in [6, 6.07) is 5.27. The quantitative estimate of drug-likeness (QED) is 0.523. The molecule has 0 radical (unpaired) electrons. The highest BCUT2D eigenvalue weighted by molar-refractivity contribution is 7.99. The zero-order valence-electron chi connectivity index (χ0n) is 9.69. The van der Waals surface area contributed by atoms with Crippen LogP contribution in [0.15, 0.2) is 23.1 Å². The molecule has 0 aromatic heterocycles. The normalized spacial score (nSPS) is 15.5. The molecule has 1 fully saturated rings. The molecule has 1 aromatic rings. The van der Waals surface area contributed by atoms with Gasteiger partial charge < -0.3 is 5.73 Å². The van der Waals surface area contributed by atoms with Crippen molar-refractivity contribution in [3.05, 3.63) is 23.2 Å². The molecule has 1 heterocycles. The van der Waals surface area contributed by atoms with Gasteiger partial charge in [0.2, 0.25) is 11.8 Å². The zero-order chi connectivity index (χ0) is 13.1. The molecule has 6 heteroatoms. The summed E-state index contributed by atoms with van der Waals surface area (Å²) in [6.07, 6.45) is 0.672. The van der Waals surface area contributed by atoms with E-state index in [-0.39, 0.29) is 11.8 Å². The van der Waals surface area contributed by atoms with Gasteiger partial charge in [-0.1, -0.05) is 11.6 Å². The number of anilines is 1. The SMILES string of the molecule is Nc1ccc(Cl)c(SCCN2C(=O)CCC2=O)c1. The lowest BCUT2D eigenvalue weighted by atomic mass is 10.3. The van der Waals surface area contributed by atoms with Crippen molar-refractivity contribution in [2.24, 2.45) is 0 Å². The van der Waals surface area contributed by atoms with Crippen LogP contribution in [-0.4, -0.2) is 29.0 Å². The second kappa shape index (κ2) is 5.63. The fourth-order valence-electron chi connectivity index (χ4n) is 1.75. The molecule has 1 aliphatic heterocycles. The minimum Gasteiger partial charge on any atom is -0.399 e. The van der Waals surface area contributed by atoms with Crippen LogP contribution in [0.3, 0.4) is 0 Å². The van der Waals surface area contributed by atoms with Gasteiger partial charge in [0.05, 0.1) is 5.02 Å². The summed E-state index contributed by atoms with van der Waals surface area (Å²) in [7, 11) is 0. The van der Waals surface area contributed by atoms with E-state index in [9.17, 15) is 9.59 Å². The number of carbonyl (C=O) groups is 2. The number of rotatable bonds is 4. The Morgan fingerprint density at radius 2 is 1.94 bits per heavy atom. The third-order valence-corrected chi connectivity index (χ3v) is 4.16. The molecule has 1 saturated heterocycles. The summed E-state index contributed by atoms with van der Waals surface area (Å²) in [6.45, 7) is 0.424. The van der Waals surface area contributed by atoms with E-state index in [1.165, 1.54) is 16.7 Å². The average Bonchev–Trinajstić information content (AvgIpc) is 2.65. The molecule has 4 nitrogen and oxygen atoms in total. The summed E-state index contributed by atoms with van der Waals surface area (Å²) in [5.41, 5.74) is 6.32. The number of hydrogen-bond donors (Lipinski definition) is 1. The van der Waals surface area contributed by atoms with Gasteiger partial charge in [0.15, 0.2) is 0 Å². The molecule has 0 atom stereocenters. The molecule has 18 heavy (non-hydrogen) atoms. The number of thioether (sulfide) groups is 1. The number of imide groups is 1. The molecule has 0 spiro atoms. The second-order valence-electron chi connectivity index (χ2n) is 3.98. The van der Waals surface area contributed by atoms with E-state index in [1.807, 2.05) is 0 Å². The Morgan fingerprint density at radius 1 is 1.28 bits per heavy atom. The van der Waals surface area contributed by atoms with E-state index in [2.05, 4.69) is 0 Å². The van der Waals surface area contributed by atoms with Crippen molar-refractivity contribution in [3.8, 4) is 0 Å². The molecule has 0 bridgehead atoms. The van der Waals surface area contributed by atoms with Crippen molar-refractivity contribution in [1.29, 1.82) is 0 Å². The molecule has 1 aromatic carbocycles. The molecular weight excluding hydrogens is 272 g/mol. The summed E-state index contributed by atoms with van der Waals surface area (Å²) in [5, 5.41) is 0.633. The number of halogens is 1. The van der Waals surface area contributed by atoms with Gasteiger partial charge in [0.1, 0.15) is 0 Å². The fraction of sp³-hybridized carbons (Fsp3) is 0.333. The number of benzene rings is 1. The van der Waals surface area contributed by atoms with Crippen LogP contribution in [0.2, 0.25) is 5.02 Å². The Kier molecular flexibility index (Phi) is 4.14. The first-order valence-electron chi connectivity index (χ1n) is 5.59. The van der Waals surface area contributed by atoms with Crippen LogP contribution in [-0.2, 0) is 9.59 Å². The summed E-state index contributed by atoms with van der Waals surface area (Å²) in [4.78, 5) is 25.0. The maximum absolute atomic E-state index is 11.4. The van der Waals surface area contributed by atoms with E-state index in [0.29, 0.717) is 35.8 Å². The standard InChI is InChI=1S/C12H13ClN2O2S/c13-9-2-1-8(14)7-10(9)18-6-5-15-11(16)3-4-12(15)17/h1-2,7H,3-6,14H2. The van der Waals surface area contributed by atoms with Crippen molar-refractivity contribution in [3.63, 3.8) is 0 Å². The predicted octanol–water partition coefficient (Wildman–Crippen LogP) is 2.16. The van der Waals surface area contributed by atoms with E-state index in [4.69, 9.17) is 17.3 Å². The molecular formula is C12H13ClN2O2S. The third kappa shape index (κ3) is 2.97. The Hall–Kier alpha value is -1.20. The number of nitrogens with two attached hydrogens (primary N) is 1. The van der Waals surface area contributed by atoms with E-state index < -0.39 is 0 Å². The highest BCUT2D eigenvalue weighted by atomic mass is 35.5. The lowest BCUT2D eigenvalue weighted by molar-refractivity contribution is -0.137. The summed E-state index contributed by atoms with van der Waals surface area (Å²) >= 11 is 7.52. The highest BCUT2D eigenvalue weighted by Gasteiger charge is 2.28. The fourth-order valence-corrected chi connectivity index (χ4v) is 2.95. The van der Waals surface area contributed by atoms with Gasteiger partial charge >= 0.3 is 0 Å². The van der Waals surface area contributed by atoms with E-state index >= 15 is 0 Å². The maximum atomic E-state index is 11.4. The Bertz CT molecular complexity index is 477. The molecule has 0 unspecified atom stereocenters. The molecule has 1 aliphatic rings. The average molecular weight is 285 g/mol. The summed E-state index contributed by atoms with van der Waals surface area (Å²) < 4.78 is 0. The Morgan fingerprint density at radius 3 is 2.61 bits per heavy atom. The van der Waals surface area contributed by atoms with Crippen molar-refractivity contribution >= 4 is 40.9 Å². The van der Waals surface area contributed by atoms with Crippen LogP contribution in [0.25, 0.3) is 0 Å². The Labute approximate surface area is 114 Å². The molecule has 0 saturated carbocycles. The van der Waals surface area contributed by atoms with Crippen LogP contribution >= 0.6 is 23.4 Å². The van der Waals surface area contributed by atoms with Crippen molar-refractivity contribution in [2.75, 3.05) is 18.0 Å². The minimum absolute atomic E-state index is 0.0840. The molecule has 2 amide bonds. The van der Waals surface area contributed by atoms with Gasteiger partial charge in [-0.2, -0.15) is 0 Å². The largest absolute Gasteiger partial charge is 0.399 e. The Balaban J connectivity index is 1.90. The molecule has 2 N–H and O–H groups in total. The highest BCUT2D eigenvalue weighted by Crippen LogP contribution is 2.29. The van der Waals surface area contributed by atoms with Gasteiger partial charge in [-0.15, -0.1) is 11.8 Å². The first kappa shape index (κ1) is 13.2. The number of amides is 2. The van der Waals surface area contributed by atoms with E-state index in [0.717, 1.165) is 4.90 Å². The first-order chi connectivity index (χ1) is 8.58. The predicted molar refractivity (Wildman–Crippen MR) is 72.5 cm³/mol. The maximum Gasteiger partial charge on any atom is 0.229 e. The van der Waals surface area contributed by atoms with Crippen LogP contribution in [0.5, 0.6) is 0 Å². The van der Waals surface area contributed by atoms with Crippen molar-refractivity contribution < 1.29 is 9.59 Å². The monoisotopic (exact) mass is 284 g/mol. The molecule has 0 aliphatic carbocycles. The van der Waals surface area contributed by atoms with Crippen LogP contribution < -0.4 is 5.73 Å². The third-order valence-electron chi connectivity index (χ3n) is 2.68. The van der Waals surface area contributed by atoms with Gasteiger partial charge in [0.25, 0.3) is 0 Å². The molecule has 96 valence electrons. The topological polar surface area (TPSA) is 63.4 Å². The second-order valence-corrected chi connectivity index (χ2v) is 5.52. The number of carbonyl (C=O) groups excluding carboxylic acids is 2. The van der Waals surface area contributed by atoms with Gasteiger partial charge in [0, 0.05) is 35.7 Å². The van der Waals surface area contributed by atoms with Gasteiger partial charge in [-0.05, 0) is 18.2 Å². The van der Waals surface area contributed by atoms with Gasteiger partial charge in [-0.25, -0.2) is 0 Å². The van der Waals surface area contributed by atoms with Crippen LogP contribution in [0.1, 0.15) is 12.8 Å². The van der Waals surface area contributed by atoms with Crippen LogP contribution in [0.4, 0.5) is 5.69 Å². The number of hydrogen-bond acceptors (Lipinski definition) is 4. The van der Waals surface area contributed by atoms with Crippen LogP contribution in [0, 0.1) is 0 Å². The number of nitrogens with zero attached hydrogens (tertiary/aromatic N) is 1.